The molecule has 2 N–H and O–H groups in total. The molecule has 29 heavy (non-hydrogen) atoms. The Morgan fingerprint density at radius 2 is 1.86 bits per heavy atom. The van der Waals surface area contributed by atoms with Crippen molar-refractivity contribution in [2.24, 2.45) is 5.14 Å². The van der Waals surface area contributed by atoms with Gasteiger partial charge in [0.15, 0.2) is 0 Å². The van der Waals surface area contributed by atoms with Gasteiger partial charge in [0, 0.05) is 50.3 Å². The first kappa shape index (κ1) is 19.7. The second kappa shape index (κ2) is 7.69. The number of sulfonamides is 1. The monoisotopic (exact) mass is 416 g/mol. The quantitative estimate of drug-likeness (QED) is 0.759. The number of fused-ring (bicyclic) bond motifs is 1. The number of nitrogens with two attached hydrogens (primary N) is 1. The zero-order valence-electron chi connectivity index (χ0n) is 16.2. The van der Waals surface area contributed by atoms with Gasteiger partial charge in [-0.25, -0.2) is 23.5 Å². The lowest BCUT2D eigenvalue weighted by Crippen LogP contribution is -2.51. The maximum absolute atomic E-state index is 13.0. The summed E-state index contributed by atoms with van der Waals surface area (Å²) in [6.45, 7) is 5.33. The van der Waals surface area contributed by atoms with Crippen LogP contribution in [0.5, 0.6) is 0 Å². The second-order valence-electron chi connectivity index (χ2n) is 7.46. The van der Waals surface area contributed by atoms with Gasteiger partial charge in [0.1, 0.15) is 0 Å². The number of piperazine rings is 1. The molecule has 2 aromatic rings. The number of benzene rings is 1. The summed E-state index contributed by atoms with van der Waals surface area (Å²) in [6.07, 6.45) is 4.07. The van der Waals surface area contributed by atoms with Gasteiger partial charge in [-0.05, 0) is 43.2 Å². The fourth-order valence-corrected chi connectivity index (χ4v) is 4.56. The first-order valence-electron chi connectivity index (χ1n) is 9.55. The highest BCUT2D eigenvalue weighted by molar-refractivity contribution is 7.89. The number of primary sulfonamides is 1. The van der Waals surface area contributed by atoms with Crippen molar-refractivity contribution in [3.05, 3.63) is 42.2 Å². The molecular formula is C19H24N6O3S. The lowest BCUT2D eigenvalue weighted by Gasteiger charge is -2.35. The van der Waals surface area contributed by atoms with E-state index >= 15 is 0 Å². The van der Waals surface area contributed by atoms with Crippen molar-refractivity contribution in [2.75, 3.05) is 42.5 Å². The first-order valence-corrected chi connectivity index (χ1v) is 11.1. The highest BCUT2D eigenvalue weighted by Gasteiger charge is 2.33. The third-order valence-electron chi connectivity index (χ3n) is 5.43. The average Bonchev–Trinajstić information content (AvgIpc) is 3.03. The summed E-state index contributed by atoms with van der Waals surface area (Å²) in [5.41, 5.74) is 1.61. The van der Waals surface area contributed by atoms with Gasteiger partial charge in [0.25, 0.3) is 0 Å². The number of rotatable bonds is 4. The van der Waals surface area contributed by atoms with Gasteiger partial charge in [0.05, 0.1) is 11.4 Å². The van der Waals surface area contributed by atoms with Crippen LogP contribution in [0.15, 0.2) is 41.6 Å². The molecule has 1 atom stereocenters. The van der Waals surface area contributed by atoms with Crippen LogP contribution >= 0.6 is 0 Å². The minimum absolute atomic E-state index is 0.0176. The molecule has 0 spiro atoms. The molecule has 4 rings (SSSR count). The van der Waals surface area contributed by atoms with Crippen LogP contribution in [-0.2, 0) is 21.2 Å². The molecule has 10 heteroatoms. The van der Waals surface area contributed by atoms with E-state index < -0.39 is 10.0 Å². The Labute approximate surface area is 170 Å². The SMILES string of the molecule is C[C@@H]1Cc2cc(S(N)(=O)=O)ccc2N1C(=O)CN1CCN(c2ncccn2)CC1. The maximum atomic E-state index is 13.0. The summed E-state index contributed by atoms with van der Waals surface area (Å²) in [7, 11) is -3.76. The molecule has 0 radical (unpaired) electrons. The minimum atomic E-state index is -3.76. The first-order chi connectivity index (χ1) is 13.8. The third-order valence-corrected chi connectivity index (χ3v) is 6.34. The van der Waals surface area contributed by atoms with Crippen LogP contribution in [0.3, 0.4) is 0 Å². The van der Waals surface area contributed by atoms with Gasteiger partial charge in [-0.3, -0.25) is 9.69 Å². The molecule has 1 fully saturated rings. The van der Waals surface area contributed by atoms with Crippen molar-refractivity contribution in [3.63, 3.8) is 0 Å². The summed E-state index contributed by atoms with van der Waals surface area (Å²) < 4.78 is 23.2. The van der Waals surface area contributed by atoms with Crippen molar-refractivity contribution in [3.8, 4) is 0 Å². The van der Waals surface area contributed by atoms with E-state index in [0.717, 1.165) is 37.4 Å². The zero-order chi connectivity index (χ0) is 20.6. The predicted molar refractivity (Wildman–Crippen MR) is 109 cm³/mol. The second-order valence-corrected chi connectivity index (χ2v) is 9.03. The Kier molecular flexibility index (Phi) is 5.24. The zero-order valence-corrected chi connectivity index (χ0v) is 17.0. The van der Waals surface area contributed by atoms with Crippen molar-refractivity contribution in [1.29, 1.82) is 0 Å². The van der Waals surface area contributed by atoms with Crippen LogP contribution in [-0.4, -0.2) is 68.0 Å². The standard InChI is InChI=1S/C19H24N6O3S/c1-14-11-15-12-16(29(20,27)28)3-4-17(15)25(14)18(26)13-23-7-9-24(10-8-23)19-21-5-2-6-22-19/h2-6,12,14H,7-11,13H2,1H3,(H2,20,27,28)/t14-/m1/s1. The molecule has 1 saturated heterocycles. The lowest BCUT2D eigenvalue weighted by molar-refractivity contribution is -0.120. The number of carbonyl (C=O) groups excluding carboxylic acids is 1. The Morgan fingerprint density at radius 3 is 2.52 bits per heavy atom. The molecule has 2 aliphatic heterocycles. The van der Waals surface area contributed by atoms with E-state index in [9.17, 15) is 13.2 Å². The Morgan fingerprint density at radius 1 is 1.17 bits per heavy atom. The van der Waals surface area contributed by atoms with Gasteiger partial charge < -0.3 is 9.80 Å². The van der Waals surface area contributed by atoms with Crippen molar-refractivity contribution >= 4 is 27.6 Å². The number of carbonyl (C=O) groups is 1. The molecule has 3 heterocycles. The molecule has 0 aliphatic carbocycles. The number of nitrogens with zero attached hydrogens (tertiary/aromatic N) is 5. The van der Waals surface area contributed by atoms with Gasteiger partial charge in [-0.15, -0.1) is 0 Å². The molecule has 9 nitrogen and oxygen atoms in total. The molecule has 0 bridgehead atoms. The third kappa shape index (κ3) is 4.09. The van der Waals surface area contributed by atoms with Gasteiger partial charge >= 0.3 is 0 Å². The van der Waals surface area contributed by atoms with Crippen molar-refractivity contribution in [1.82, 2.24) is 14.9 Å². The smallest absolute Gasteiger partial charge is 0.241 e. The molecular weight excluding hydrogens is 392 g/mol. The Bertz CT molecular complexity index is 1010. The fraction of sp³-hybridized carbons (Fsp3) is 0.421. The van der Waals surface area contributed by atoms with E-state index in [2.05, 4.69) is 19.8 Å². The summed E-state index contributed by atoms with van der Waals surface area (Å²) in [6, 6.07) is 6.49. The molecule has 154 valence electrons. The topological polar surface area (TPSA) is 113 Å². The van der Waals surface area contributed by atoms with Gasteiger partial charge in [0.2, 0.25) is 21.9 Å². The molecule has 2 aliphatic rings. The fourth-order valence-electron chi connectivity index (χ4n) is 3.99. The van der Waals surface area contributed by atoms with Crippen molar-refractivity contribution < 1.29 is 13.2 Å². The van der Waals surface area contributed by atoms with Crippen LogP contribution < -0.4 is 14.9 Å². The largest absolute Gasteiger partial charge is 0.338 e. The summed E-state index contributed by atoms with van der Waals surface area (Å²) in [5.74, 6) is 0.732. The van der Waals surface area contributed by atoms with E-state index in [1.807, 2.05) is 6.92 Å². The van der Waals surface area contributed by atoms with E-state index in [1.165, 1.54) is 6.07 Å². The van der Waals surface area contributed by atoms with Crippen LogP contribution in [0.4, 0.5) is 11.6 Å². The van der Waals surface area contributed by atoms with E-state index in [1.54, 1.807) is 35.5 Å². The highest BCUT2D eigenvalue weighted by Crippen LogP contribution is 2.33. The molecule has 1 aromatic carbocycles. The molecule has 0 unspecified atom stereocenters. The van der Waals surface area contributed by atoms with Crippen LogP contribution in [0.2, 0.25) is 0 Å². The number of hydrogen-bond donors (Lipinski definition) is 1. The predicted octanol–water partition coefficient (Wildman–Crippen LogP) is 0.224. The minimum Gasteiger partial charge on any atom is -0.338 e. The molecule has 1 amide bonds. The average molecular weight is 417 g/mol. The van der Waals surface area contributed by atoms with E-state index in [4.69, 9.17) is 5.14 Å². The number of anilines is 2. The van der Waals surface area contributed by atoms with Gasteiger partial charge in [-0.2, -0.15) is 0 Å². The van der Waals surface area contributed by atoms with Gasteiger partial charge in [-0.1, -0.05) is 0 Å². The van der Waals surface area contributed by atoms with Crippen LogP contribution in [0.1, 0.15) is 12.5 Å². The lowest BCUT2D eigenvalue weighted by atomic mass is 10.1. The van der Waals surface area contributed by atoms with Crippen molar-refractivity contribution in [2.45, 2.75) is 24.3 Å². The molecule has 0 saturated carbocycles. The highest BCUT2D eigenvalue weighted by atomic mass is 32.2. The summed E-state index contributed by atoms with van der Waals surface area (Å²) >= 11 is 0. The maximum Gasteiger partial charge on any atom is 0.241 e. The normalized spacial score (nSPS) is 20.0. The summed E-state index contributed by atoms with van der Waals surface area (Å²) in [4.78, 5) is 27.7. The number of amides is 1. The Balaban J connectivity index is 1.41. The van der Waals surface area contributed by atoms with Crippen LogP contribution in [0, 0.1) is 0 Å². The van der Waals surface area contributed by atoms with E-state index in [0.29, 0.717) is 18.9 Å². The Hall–Kier alpha value is -2.56. The summed E-state index contributed by atoms with van der Waals surface area (Å²) in [5, 5.41) is 5.23. The molecule has 1 aromatic heterocycles. The number of aromatic nitrogens is 2. The number of hydrogen-bond acceptors (Lipinski definition) is 7. The van der Waals surface area contributed by atoms with E-state index in [-0.39, 0.29) is 16.8 Å². The van der Waals surface area contributed by atoms with Crippen LogP contribution in [0.25, 0.3) is 0 Å².